The Labute approximate surface area is 149 Å². The molecule has 0 fully saturated rings. The van der Waals surface area contributed by atoms with Gasteiger partial charge in [-0.25, -0.2) is 4.79 Å². The summed E-state index contributed by atoms with van der Waals surface area (Å²) in [5.41, 5.74) is -3.97. The van der Waals surface area contributed by atoms with Crippen LogP contribution in [-0.4, -0.2) is 9.85 Å². The van der Waals surface area contributed by atoms with Crippen molar-refractivity contribution < 1.29 is 32.2 Å². The molecule has 0 spiro atoms. The fraction of sp³-hybridized carbons (Fsp3) is 0.0714. The highest BCUT2D eigenvalue weighted by molar-refractivity contribution is 7.16. The zero-order valence-electron chi connectivity index (χ0n) is 12.7. The van der Waals surface area contributed by atoms with Crippen molar-refractivity contribution in [3.05, 3.63) is 65.9 Å². The van der Waals surface area contributed by atoms with E-state index in [2.05, 4.69) is 0 Å². The molecule has 0 aliphatic rings. The van der Waals surface area contributed by atoms with E-state index in [-0.39, 0.29) is 23.5 Å². The van der Waals surface area contributed by atoms with Gasteiger partial charge in [0, 0.05) is 18.2 Å². The largest absolute Gasteiger partial charge is 0.444 e. The minimum Gasteiger partial charge on any atom is -0.444 e. The predicted molar refractivity (Wildman–Crippen MR) is 85.2 cm³/mol. The molecular weight excluding hydrogens is 397 g/mol. The number of nitro groups is 2. The number of nitrogens with zero attached hydrogens (tertiary/aromatic N) is 2. The van der Waals surface area contributed by atoms with Crippen LogP contribution in [0.25, 0.3) is 10.3 Å². The number of hydrogen-bond acceptors (Lipinski definition) is 8. The van der Waals surface area contributed by atoms with E-state index in [1.807, 2.05) is 0 Å². The number of ether oxygens (including phenoxy) is 1. The molecule has 0 radical (unpaired) electrons. The smallest absolute Gasteiger partial charge is 0.416 e. The zero-order chi connectivity index (χ0) is 19.9. The van der Waals surface area contributed by atoms with Gasteiger partial charge in [0.15, 0.2) is 5.58 Å². The molecule has 0 saturated carbocycles. The van der Waals surface area contributed by atoms with Gasteiger partial charge in [0.1, 0.15) is 5.75 Å². The molecule has 140 valence electrons. The van der Waals surface area contributed by atoms with Crippen LogP contribution in [0.4, 0.5) is 24.5 Å². The van der Waals surface area contributed by atoms with Crippen molar-refractivity contribution in [1.82, 2.24) is 0 Å². The van der Waals surface area contributed by atoms with Gasteiger partial charge in [0.25, 0.3) is 5.75 Å². The van der Waals surface area contributed by atoms with Crippen molar-refractivity contribution in [1.29, 1.82) is 0 Å². The Morgan fingerprint density at radius 3 is 2.15 bits per heavy atom. The number of hydrogen-bond donors (Lipinski definition) is 0. The lowest BCUT2D eigenvalue weighted by Gasteiger charge is -2.10. The molecule has 0 saturated heterocycles. The fourth-order valence-electron chi connectivity index (χ4n) is 2.17. The van der Waals surface area contributed by atoms with Crippen LogP contribution in [0.5, 0.6) is 11.5 Å². The Morgan fingerprint density at radius 1 is 1.04 bits per heavy atom. The first-order chi connectivity index (χ1) is 12.6. The third kappa shape index (κ3) is 3.57. The monoisotopic (exact) mass is 402 g/mol. The standard InChI is InChI=1S/C14H5F3N2O7S/c15-14(16,17)6-3-8(18(21)22)12(9(4-6)19(23)24)25-7-1-2-11-10(5-7)26-13(20)27-11/h1-5H. The molecule has 3 rings (SSSR count). The lowest BCUT2D eigenvalue weighted by atomic mass is 10.1. The van der Waals surface area contributed by atoms with Crippen molar-refractivity contribution in [3.8, 4) is 11.5 Å². The summed E-state index contributed by atoms with van der Waals surface area (Å²) >= 11 is 0.769. The molecule has 27 heavy (non-hydrogen) atoms. The minimum atomic E-state index is -5.03. The third-order valence-electron chi connectivity index (χ3n) is 3.29. The quantitative estimate of drug-likeness (QED) is 0.465. The van der Waals surface area contributed by atoms with E-state index >= 15 is 0 Å². The molecule has 0 aliphatic heterocycles. The number of alkyl halides is 3. The molecule has 0 amide bonds. The first-order valence-electron chi connectivity index (χ1n) is 6.82. The summed E-state index contributed by atoms with van der Waals surface area (Å²) in [6.07, 6.45) is -5.03. The highest BCUT2D eigenvalue weighted by Crippen LogP contribution is 2.44. The Kier molecular flexibility index (Phi) is 4.31. The Morgan fingerprint density at radius 2 is 1.63 bits per heavy atom. The number of rotatable bonds is 4. The van der Waals surface area contributed by atoms with E-state index in [1.54, 1.807) is 0 Å². The maximum Gasteiger partial charge on any atom is 0.416 e. The molecule has 1 aromatic heterocycles. The maximum atomic E-state index is 12.9. The molecule has 0 unspecified atom stereocenters. The Bertz CT molecular complexity index is 1100. The molecule has 0 atom stereocenters. The second-order valence-electron chi connectivity index (χ2n) is 5.02. The molecule has 0 aliphatic carbocycles. The number of fused-ring (bicyclic) bond motifs is 1. The van der Waals surface area contributed by atoms with Crippen LogP contribution in [0.3, 0.4) is 0 Å². The summed E-state index contributed by atoms with van der Waals surface area (Å²) < 4.78 is 49.0. The van der Waals surface area contributed by atoms with Crippen molar-refractivity contribution in [2.24, 2.45) is 0 Å². The van der Waals surface area contributed by atoms with Gasteiger partial charge in [-0.05, 0) is 12.1 Å². The first kappa shape index (κ1) is 18.3. The Hall–Kier alpha value is -3.48. The second kappa shape index (κ2) is 6.35. The summed E-state index contributed by atoms with van der Waals surface area (Å²) in [4.78, 5) is 30.4. The second-order valence-corrected chi connectivity index (χ2v) is 6.00. The van der Waals surface area contributed by atoms with E-state index in [0.29, 0.717) is 4.70 Å². The van der Waals surface area contributed by atoms with Crippen LogP contribution >= 0.6 is 11.3 Å². The van der Waals surface area contributed by atoms with Gasteiger partial charge in [-0.15, -0.1) is 0 Å². The maximum absolute atomic E-state index is 12.9. The molecule has 0 bridgehead atoms. The van der Waals surface area contributed by atoms with E-state index in [9.17, 15) is 38.2 Å². The van der Waals surface area contributed by atoms with Gasteiger partial charge >= 0.3 is 22.5 Å². The summed E-state index contributed by atoms with van der Waals surface area (Å²) in [7, 11) is 0. The average molecular weight is 402 g/mol. The molecular formula is C14H5F3N2O7S. The fourth-order valence-corrected chi connectivity index (χ4v) is 2.82. The number of halogens is 3. The summed E-state index contributed by atoms with van der Waals surface area (Å²) in [5.74, 6) is -1.18. The number of nitro benzene ring substituents is 2. The average Bonchev–Trinajstić information content (AvgIpc) is 2.92. The van der Waals surface area contributed by atoms with Crippen molar-refractivity contribution >= 4 is 33.0 Å². The number of benzene rings is 2. The van der Waals surface area contributed by atoms with Gasteiger partial charge in [-0.3, -0.25) is 20.2 Å². The summed E-state index contributed by atoms with van der Waals surface area (Å²) in [6, 6.07) is 4.02. The van der Waals surface area contributed by atoms with Crippen LogP contribution in [0.15, 0.2) is 39.5 Å². The normalized spacial score (nSPS) is 11.5. The third-order valence-corrected chi connectivity index (χ3v) is 4.10. The van der Waals surface area contributed by atoms with Gasteiger partial charge in [0.2, 0.25) is 0 Å². The van der Waals surface area contributed by atoms with E-state index in [4.69, 9.17) is 9.15 Å². The SMILES string of the molecule is O=c1oc2cc(Oc3c([N+](=O)[O-])cc(C(F)(F)F)cc3[N+](=O)[O-])ccc2s1. The van der Waals surface area contributed by atoms with E-state index < -0.39 is 43.6 Å². The lowest BCUT2D eigenvalue weighted by Crippen LogP contribution is -2.08. The van der Waals surface area contributed by atoms with E-state index in [0.717, 1.165) is 17.4 Å². The highest BCUT2D eigenvalue weighted by Gasteiger charge is 2.38. The van der Waals surface area contributed by atoms with E-state index in [1.165, 1.54) is 12.1 Å². The molecule has 2 aromatic carbocycles. The van der Waals surface area contributed by atoms with Crippen LogP contribution in [0, 0.1) is 20.2 Å². The predicted octanol–water partition coefficient (Wildman–Crippen LogP) is 4.48. The molecule has 0 N–H and O–H groups in total. The Balaban J connectivity index is 2.18. The van der Waals surface area contributed by atoms with Crippen LogP contribution in [0.2, 0.25) is 0 Å². The molecule has 13 heteroatoms. The highest BCUT2D eigenvalue weighted by atomic mass is 32.1. The topological polar surface area (TPSA) is 126 Å². The molecule has 3 aromatic rings. The van der Waals surface area contributed by atoms with Crippen molar-refractivity contribution in [2.75, 3.05) is 0 Å². The zero-order valence-corrected chi connectivity index (χ0v) is 13.5. The molecule has 9 nitrogen and oxygen atoms in total. The first-order valence-corrected chi connectivity index (χ1v) is 7.63. The summed E-state index contributed by atoms with van der Waals surface area (Å²) in [6.45, 7) is 0. The lowest BCUT2D eigenvalue weighted by molar-refractivity contribution is -0.396. The van der Waals surface area contributed by atoms with Crippen LogP contribution in [-0.2, 0) is 6.18 Å². The minimum absolute atomic E-state index is 0.0553. The van der Waals surface area contributed by atoms with Gasteiger partial charge in [-0.2, -0.15) is 13.2 Å². The molecule has 1 heterocycles. The van der Waals surface area contributed by atoms with Crippen LogP contribution in [0.1, 0.15) is 5.56 Å². The van der Waals surface area contributed by atoms with Gasteiger partial charge < -0.3 is 9.15 Å². The summed E-state index contributed by atoms with van der Waals surface area (Å²) in [5, 5.41) is 22.3. The van der Waals surface area contributed by atoms with Crippen LogP contribution < -0.4 is 9.68 Å². The van der Waals surface area contributed by atoms with Crippen molar-refractivity contribution in [3.63, 3.8) is 0 Å². The van der Waals surface area contributed by atoms with Gasteiger partial charge in [-0.1, -0.05) is 11.3 Å². The van der Waals surface area contributed by atoms with Crippen molar-refractivity contribution in [2.45, 2.75) is 6.18 Å². The van der Waals surface area contributed by atoms with Gasteiger partial charge in [0.05, 0.1) is 20.1 Å².